The normalized spacial score (nSPS) is 13.1. The molecule has 0 aliphatic carbocycles. The number of aliphatic carboxylic acids is 1. The van der Waals surface area contributed by atoms with Crippen molar-refractivity contribution in [2.24, 2.45) is 5.73 Å². The van der Waals surface area contributed by atoms with Crippen molar-refractivity contribution in [1.82, 2.24) is 0 Å². The summed E-state index contributed by atoms with van der Waals surface area (Å²) in [6, 6.07) is 4.72. The molecule has 0 fully saturated rings. The highest BCUT2D eigenvalue weighted by molar-refractivity contribution is 5.73. The highest BCUT2D eigenvalue weighted by Gasteiger charge is 2.29. The average Bonchev–Trinajstić information content (AvgIpc) is 2.26. The van der Waals surface area contributed by atoms with E-state index in [2.05, 4.69) is 4.74 Å². The number of para-hydroxylation sites is 1. The molecule has 0 saturated carbocycles. The van der Waals surface area contributed by atoms with Crippen LogP contribution in [-0.4, -0.2) is 29.9 Å². The molecule has 1 aromatic carbocycles. The molecule has 0 radical (unpaired) electrons. The molecular formula is C11H12F3NO3. The van der Waals surface area contributed by atoms with E-state index < -0.39 is 24.8 Å². The summed E-state index contributed by atoms with van der Waals surface area (Å²) >= 11 is 0. The van der Waals surface area contributed by atoms with Gasteiger partial charge in [-0.25, -0.2) is 0 Å². The molecule has 1 rings (SSSR count). The zero-order chi connectivity index (χ0) is 13.8. The molecule has 18 heavy (non-hydrogen) atoms. The quantitative estimate of drug-likeness (QED) is 0.846. The molecule has 7 heteroatoms. The predicted molar refractivity (Wildman–Crippen MR) is 57.3 cm³/mol. The summed E-state index contributed by atoms with van der Waals surface area (Å²) in [7, 11) is 0. The minimum absolute atomic E-state index is 0.00785. The van der Waals surface area contributed by atoms with Crippen LogP contribution in [0, 0.1) is 0 Å². The third-order valence-electron chi connectivity index (χ3n) is 2.12. The Bertz CT molecular complexity index is 420. The zero-order valence-electron chi connectivity index (χ0n) is 9.28. The summed E-state index contributed by atoms with van der Waals surface area (Å²) in [5.41, 5.74) is 5.65. The van der Waals surface area contributed by atoms with Gasteiger partial charge >= 0.3 is 12.1 Å². The van der Waals surface area contributed by atoms with E-state index in [-0.39, 0.29) is 12.2 Å². The first-order chi connectivity index (χ1) is 8.29. The number of halogens is 3. The Hall–Kier alpha value is -1.76. The maximum absolute atomic E-state index is 12.0. The van der Waals surface area contributed by atoms with Gasteiger partial charge in [0.1, 0.15) is 11.8 Å². The van der Waals surface area contributed by atoms with Crippen LogP contribution in [0.3, 0.4) is 0 Å². The molecule has 4 nitrogen and oxygen atoms in total. The van der Waals surface area contributed by atoms with E-state index in [0.29, 0.717) is 5.56 Å². The van der Waals surface area contributed by atoms with Crippen LogP contribution in [0.2, 0.25) is 0 Å². The van der Waals surface area contributed by atoms with Crippen molar-refractivity contribution in [3.8, 4) is 5.75 Å². The van der Waals surface area contributed by atoms with Crippen molar-refractivity contribution >= 4 is 5.97 Å². The average molecular weight is 263 g/mol. The zero-order valence-corrected chi connectivity index (χ0v) is 9.28. The van der Waals surface area contributed by atoms with E-state index in [4.69, 9.17) is 10.8 Å². The number of carbonyl (C=O) groups is 1. The number of alkyl halides is 3. The highest BCUT2D eigenvalue weighted by atomic mass is 19.4. The third kappa shape index (κ3) is 4.62. The van der Waals surface area contributed by atoms with Gasteiger partial charge in [-0.2, -0.15) is 13.2 Å². The lowest BCUT2D eigenvalue weighted by Crippen LogP contribution is -2.32. The van der Waals surface area contributed by atoms with Crippen LogP contribution < -0.4 is 10.5 Å². The van der Waals surface area contributed by atoms with Crippen molar-refractivity contribution in [3.05, 3.63) is 29.8 Å². The largest absolute Gasteiger partial charge is 0.484 e. The Balaban J connectivity index is 2.76. The second-order valence-electron chi connectivity index (χ2n) is 3.66. The van der Waals surface area contributed by atoms with Crippen LogP contribution in [0.15, 0.2) is 24.3 Å². The van der Waals surface area contributed by atoms with Gasteiger partial charge in [-0.1, -0.05) is 18.2 Å². The van der Waals surface area contributed by atoms with E-state index in [1.807, 2.05) is 0 Å². The number of nitrogens with two attached hydrogens (primary N) is 1. The molecule has 1 aromatic rings. The summed E-state index contributed by atoms with van der Waals surface area (Å²) in [4.78, 5) is 10.6. The maximum Gasteiger partial charge on any atom is 0.422 e. The van der Waals surface area contributed by atoms with E-state index in [1.54, 1.807) is 6.07 Å². The molecular weight excluding hydrogens is 251 g/mol. The van der Waals surface area contributed by atoms with Crippen LogP contribution in [0.4, 0.5) is 13.2 Å². The molecule has 0 amide bonds. The molecule has 0 aliphatic rings. The minimum Gasteiger partial charge on any atom is -0.484 e. The third-order valence-corrected chi connectivity index (χ3v) is 2.12. The van der Waals surface area contributed by atoms with Crippen LogP contribution in [0.5, 0.6) is 5.75 Å². The number of hydrogen-bond acceptors (Lipinski definition) is 3. The van der Waals surface area contributed by atoms with Gasteiger partial charge in [0.2, 0.25) is 0 Å². The van der Waals surface area contributed by atoms with E-state index in [0.717, 1.165) is 0 Å². The standard InChI is InChI=1S/C11H12F3NO3/c12-11(13,14)6-18-9-4-2-1-3-7(9)5-8(15)10(16)17/h1-4,8H,5-6,15H2,(H,16,17). The van der Waals surface area contributed by atoms with Gasteiger partial charge in [-0.15, -0.1) is 0 Å². The first kappa shape index (κ1) is 14.3. The summed E-state index contributed by atoms with van der Waals surface area (Å²) < 4.78 is 40.7. The van der Waals surface area contributed by atoms with Crippen molar-refractivity contribution in [1.29, 1.82) is 0 Å². The molecule has 0 bridgehead atoms. The van der Waals surface area contributed by atoms with Crippen LogP contribution in [-0.2, 0) is 11.2 Å². The van der Waals surface area contributed by atoms with E-state index >= 15 is 0 Å². The Morgan fingerprint density at radius 3 is 2.56 bits per heavy atom. The second-order valence-corrected chi connectivity index (χ2v) is 3.66. The van der Waals surface area contributed by atoms with Gasteiger partial charge in [-0.3, -0.25) is 4.79 Å². The lowest BCUT2D eigenvalue weighted by molar-refractivity contribution is -0.153. The first-order valence-electron chi connectivity index (χ1n) is 5.05. The smallest absolute Gasteiger partial charge is 0.422 e. The number of benzene rings is 1. The van der Waals surface area contributed by atoms with Gasteiger partial charge < -0.3 is 15.6 Å². The number of rotatable bonds is 5. The number of hydrogen-bond donors (Lipinski definition) is 2. The van der Waals surface area contributed by atoms with E-state index in [9.17, 15) is 18.0 Å². The molecule has 0 saturated heterocycles. The van der Waals surface area contributed by atoms with Gasteiger partial charge in [0.15, 0.2) is 6.61 Å². The first-order valence-corrected chi connectivity index (χ1v) is 5.05. The van der Waals surface area contributed by atoms with Gasteiger partial charge in [-0.05, 0) is 11.6 Å². The summed E-state index contributed by atoms with van der Waals surface area (Å²) in [6.45, 7) is -1.42. The van der Waals surface area contributed by atoms with Gasteiger partial charge in [0.05, 0.1) is 0 Å². The van der Waals surface area contributed by atoms with Crippen LogP contribution >= 0.6 is 0 Å². The molecule has 0 spiro atoms. The predicted octanol–water partition coefficient (Wildman–Crippen LogP) is 1.58. The minimum atomic E-state index is -4.44. The molecule has 1 atom stereocenters. The Kier molecular flexibility index (Phi) is 4.55. The highest BCUT2D eigenvalue weighted by Crippen LogP contribution is 2.22. The fraction of sp³-hybridized carbons (Fsp3) is 0.364. The molecule has 100 valence electrons. The van der Waals surface area contributed by atoms with Crippen molar-refractivity contribution in [3.63, 3.8) is 0 Å². The van der Waals surface area contributed by atoms with E-state index in [1.165, 1.54) is 18.2 Å². The van der Waals surface area contributed by atoms with Crippen molar-refractivity contribution < 1.29 is 27.8 Å². The molecule has 0 aromatic heterocycles. The second kappa shape index (κ2) is 5.72. The SMILES string of the molecule is NC(Cc1ccccc1OCC(F)(F)F)C(=O)O. The monoisotopic (exact) mass is 263 g/mol. The summed E-state index contributed by atoms with van der Waals surface area (Å²) in [6.07, 6.45) is -4.54. The van der Waals surface area contributed by atoms with Crippen LogP contribution in [0.1, 0.15) is 5.56 Å². The summed E-state index contributed by atoms with van der Waals surface area (Å²) in [5, 5.41) is 8.65. The fourth-order valence-corrected chi connectivity index (χ4v) is 1.30. The Labute approximate surface area is 101 Å². The topological polar surface area (TPSA) is 72.5 Å². The van der Waals surface area contributed by atoms with Gasteiger partial charge in [0, 0.05) is 6.42 Å². The maximum atomic E-state index is 12.0. The molecule has 0 aliphatic heterocycles. The lowest BCUT2D eigenvalue weighted by Gasteiger charge is -2.14. The molecule has 1 unspecified atom stereocenters. The van der Waals surface area contributed by atoms with Crippen molar-refractivity contribution in [2.45, 2.75) is 18.6 Å². The lowest BCUT2D eigenvalue weighted by atomic mass is 10.1. The summed E-state index contributed by atoms with van der Waals surface area (Å²) in [5.74, 6) is -1.23. The molecule has 0 heterocycles. The van der Waals surface area contributed by atoms with Gasteiger partial charge in [0.25, 0.3) is 0 Å². The van der Waals surface area contributed by atoms with Crippen LogP contribution in [0.25, 0.3) is 0 Å². The Morgan fingerprint density at radius 2 is 2.00 bits per heavy atom. The number of carboxylic acids is 1. The van der Waals surface area contributed by atoms with Crippen molar-refractivity contribution in [2.75, 3.05) is 6.61 Å². The molecule has 3 N–H and O–H groups in total. The Morgan fingerprint density at radius 1 is 1.39 bits per heavy atom. The fourth-order valence-electron chi connectivity index (χ4n) is 1.30. The number of ether oxygens (including phenoxy) is 1. The number of carboxylic acid groups (broad SMARTS) is 1.